The molecule has 2 aromatic rings. The number of rotatable bonds is 33. The highest BCUT2D eigenvalue weighted by molar-refractivity contribution is 5.98. The van der Waals surface area contributed by atoms with Crippen molar-refractivity contribution < 1.29 is 73.4 Å². The van der Waals surface area contributed by atoms with Gasteiger partial charge in [-0.05, 0) is 69.7 Å². The molecule has 0 aliphatic rings. The van der Waals surface area contributed by atoms with Gasteiger partial charge in [0.1, 0.15) is 17.7 Å². The summed E-state index contributed by atoms with van der Waals surface area (Å²) in [7, 11) is 0. The molecule has 0 radical (unpaired) electrons. The van der Waals surface area contributed by atoms with Gasteiger partial charge in [-0.2, -0.15) is 0 Å². The van der Waals surface area contributed by atoms with Gasteiger partial charge in [-0.1, -0.05) is 42.5 Å². The molecule has 0 saturated carbocycles. The lowest BCUT2D eigenvalue weighted by Crippen LogP contribution is -2.51. The number of hydrogen-bond donors (Lipinski definition) is 11. The Morgan fingerprint density at radius 1 is 0.627 bits per heavy atom. The number of nitrogens with one attached hydrogen (secondary N) is 6. The molecule has 23 heteroatoms. The van der Waals surface area contributed by atoms with Gasteiger partial charge in [0.05, 0.1) is 32.7 Å². The molecule has 2 rings (SSSR count). The Kier molecular flexibility index (Phi) is 25.1. The molecule has 0 aromatic heterocycles. The Morgan fingerprint density at radius 3 is 1.85 bits per heavy atom. The fourth-order valence-electron chi connectivity index (χ4n) is 6.54. The molecular weight excluding hydrogens is 881 g/mol. The van der Waals surface area contributed by atoms with Gasteiger partial charge < -0.3 is 62.2 Å². The first-order valence-electron chi connectivity index (χ1n) is 21.6. The van der Waals surface area contributed by atoms with Gasteiger partial charge in [0.2, 0.25) is 11.8 Å². The van der Waals surface area contributed by atoms with Crippen LogP contribution in [0.2, 0.25) is 0 Å². The molecule has 0 spiro atoms. The van der Waals surface area contributed by atoms with Gasteiger partial charge in [-0.15, -0.1) is 0 Å². The minimum absolute atomic E-state index is 0.0152. The standard InChI is InChI=1S/C44H64N8O15/c1-44(2,3)67-43(66)47-16-8-7-11-33(42(64)65)49-35(53)24-48-41(63)34(22-29-9-5-4-6-10-29)50-40(62)31-14-12-30(13-15-31)21-32(23-46-26-37(56)57)52(28-39(60)61)20-19-51(27-38(58)59)18-17-45-25-36(54)55/h4-6,9-10,12-15,32-34,45-46H,7-8,11,16-28H2,1-3H3,(H,47,66)(H,48,63)(H,49,53)(H,50,62)(H,54,55)(H,56,57)(H,58,59)(H,60,61)(H,64,65). The number of benzene rings is 2. The van der Waals surface area contributed by atoms with E-state index in [0.29, 0.717) is 24.0 Å². The van der Waals surface area contributed by atoms with Crippen molar-refractivity contribution in [3.8, 4) is 0 Å². The van der Waals surface area contributed by atoms with E-state index in [9.17, 15) is 63.6 Å². The Labute approximate surface area is 388 Å². The van der Waals surface area contributed by atoms with E-state index in [2.05, 4.69) is 31.9 Å². The zero-order valence-corrected chi connectivity index (χ0v) is 38.0. The molecule has 370 valence electrons. The van der Waals surface area contributed by atoms with E-state index in [1.165, 1.54) is 17.0 Å². The van der Waals surface area contributed by atoms with Crippen molar-refractivity contribution >= 4 is 53.7 Å². The molecule has 23 nitrogen and oxygen atoms in total. The summed E-state index contributed by atoms with van der Waals surface area (Å²) in [5.74, 6) is -8.03. The molecule has 0 aliphatic heterocycles. The predicted molar refractivity (Wildman–Crippen MR) is 240 cm³/mol. The molecule has 3 atom stereocenters. The molecule has 2 aromatic carbocycles. The van der Waals surface area contributed by atoms with Crippen molar-refractivity contribution in [2.75, 3.05) is 72.0 Å². The molecule has 0 bridgehead atoms. The number of unbranched alkanes of at least 4 members (excludes halogenated alkanes) is 1. The van der Waals surface area contributed by atoms with Gasteiger partial charge in [-0.25, -0.2) is 9.59 Å². The molecule has 67 heavy (non-hydrogen) atoms. The SMILES string of the molecule is CC(C)(C)OC(=O)NCCCCC(NC(=O)CNC(=O)C(Cc1ccccc1)NC(=O)c1ccc(CC(CNCC(=O)O)N(CCN(CCNCC(=O)O)CC(=O)O)CC(=O)O)cc1)C(=O)O. The maximum Gasteiger partial charge on any atom is 0.407 e. The first-order chi connectivity index (χ1) is 31.6. The highest BCUT2D eigenvalue weighted by Crippen LogP contribution is 2.13. The lowest BCUT2D eigenvalue weighted by molar-refractivity contribution is -0.142. The first kappa shape index (κ1) is 56.4. The van der Waals surface area contributed by atoms with Crippen LogP contribution in [0.15, 0.2) is 54.6 Å². The van der Waals surface area contributed by atoms with Crippen LogP contribution in [0.3, 0.4) is 0 Å². The highest BCUT2D eigenvalue weighted by Gasteiger charge is 2.26. The number of nitrogens with zero attached hydrogens (tertiary/aromatic N) is 2. The minimum atomic E-state index is -1.29. The zero-order valence-electron chi connectivity index (χ0n) is 38.0. The van der Waals surface area contributed by atoms with Gasteiger partial charge >= 0.3 is 35.9 Å². The second-order valence-corrected chi connectivity index (χ2v) is 16.5. The average Bonchev–Trinajstić information content (AvgIpc) is 3.23. The lowest BCUT2D eigenvalue weighted by Gasteiger charge is -2.33. The van der Waals surface area contributed by atoms with Gasteiger partial charge in [0.15, 0.2) is 0 Å². The summed E-state index contributed by atoms with van der Waals surface area (Å²) >= 11 is 0. The number of ether oxygens (including phenoxy) is 1. The molecule has 4 amide bonds. The molecule has 11 N–H and O–H groups in total. The highest BCUT2D eigenvalue weighted by atomic mass is 16.6. The second kappa shape index (κ2) is 29.8. The van der Waals surface area contributed by atoms with Crippen LogP contribution in [0.1, 0.15) is 61.5 Å². The largest absolute Gasteiger partial charge is 0.480 e. The van der Waals surface area contributed by atoms with E-state index in [-0.39, 0.29) is 70.6 Å². The summed E-state index contributed by atoms with van der Waals surface area (Å²) in [5, 5.41) is 62.6. The number of carbonyl (C=O) groups excluding carboxylic acids is 4. The number of hydrogen-bond acceptors (Lipinski definition) is 14. The van der Waals surface area contributed by atoms with Crippen LogP contribution < -0.4 is 31.9 Å². The molecule has 0 fully saturated rings. The van der Waals surface area contributed by atoms with E-state index < -0.39 is 104 Å². The maximum absolute atomic E-state index is 13.6. The first-order valence-corrected chi connectivity index (χ1v) is 21.6. The summed E-state index contributed by atoms with van der Waals surface area (Å²) in [5.41, 5.74) is 0.768. The van der Waals surface area contributed by atoms with E-state index in [1.54, 1.807) is 68.1 Å². The maximum atomic E-state index is 13.6. The van der Waals surface area contributed by atoms with Crippen molar-refractivity contribution in [1.82, 2.24) is 41.7 Å². The number of aliphatic carboxylic acids is 5. The number of carbonyl (C=O) groups is 9. The Balaban J connectivity index is 2.16. The normalized spacial score (nSPS) is 12.6. The van der Waals surface area contributed by atoms with E-state index >= 15 is 0 Å². The summed E-state index contributed by atoms with van der Waals surface area (Å²) in [6.07, 6.45) is 0.376. The van der Waals surface area contributed by atoms with Crippen LogP contribution in [-0.2, 0) is 51.1 Å². The minimum Gasteiger partial charge on any atom is -0.480 e. The van der Waals surface area contributed by atoms with Crippen LogP contribution in [0.5, 0.6) is 0 Å². The van der Waals surface area contributed by atoms with Crippen LogP contribution in [0.25, 0.3) is 0 Å². The van der Waals surface area contributed by atoms with Crippen LogP contribution in [0.4, 0.5) is 4.79 Å². The predicted octanol–water partition coefficient (Wildman–Crippen LogP) is -0.559. The van der Waals surface area contributed by atoms with Crippen molar-refractivity contribution in [3.05, 3.63) is 71.3 Å². The summed E-state index contributed by atoms with van der Waals surface area (Å²) < 4.78 is 5.16. The van der Waals surface area contributed by atoms with Crippen LogP contribution >= 0.6 is 0 Å². The molecular formula is C44H64N8O15. The monoisotopic (exact) mass is 944 g/mol. The third kappa shape index (κ3) is 25.6. The lowest BCUT2D eigenvalue weighted by atomic mass is 10.0. The van der Waals surface area contributed by atoms with E-state index in [1.807, 2.05) is 0 Å². The summed E-state index contributed by atoms with van der Waals surface area (Å²) in [4.78, 5) is 112. The molecule has 3 unspecified atom stereocenters. The number of amides is 4. The summed E-state index contributed by atoms with van der Waals surface area (Å²) in [6.45, 7) is 3.55. The van der Waals surface area contributed by atoms with Gasteiger partial charge in [0, 0.05) is 57.3 Å². The Hall–Kier alpha value is -6.69. The van der Waals surface area contributed by atoms with E-state index in [0.717, 1.165) is 0 Å². The molecule has 0 heterocycles. The quantitative estimate of drug-likeness (QED) is 0.0400. The fourth-order valence-corrected chi connectivity index (χ4v) is 6.54. The summed E-state index contributed by atoms with van der Waals surface area (Å²) in [6, 6.07) is 11.8. The fraction of sp³-hybridized carbons (Fsp3) is 0.523. The van der Waals surface area contributed by atoms with Crippen LogP contribution in [-0.4, -0.2) is 185 Å². The van der Waals surface area contributed by atoms with E-state index in [4.69, 9.17) is 9.84 Å². The number of carboxylic acids is 5. The third-order valence-electron chi connectivity index (χ3n) is 9.69. The molecule has 0 saturated heterocycles. The molecule has 0 aliphatic carbocycles. The van der Waals surface area contributed by atoms with Gasteiger partial charge in [-0.3, -0.25) is 43.4 Å². The Morgan fingerprint density at radius 2 is 1.25 bits per heavy atom. The van der Waals surface area contributed by atoms with Crippen molar-refractivity contribution in [3.63, 3.8) is 0 Å². The third-order valence-corrected chi connectivity index (χ3v) is 9.69. The smallest absolute Gasteiger partial charge is 0.407 e. The number of alkyl carbamates (subject to hydrolysis) is 1. The Bertz CT molecular complexity index is 1950. The topological polar surface area (TPSA) is 343 Å². The van der Waals surface area contributed by atoms with Crippen molar-refractivity contribution in [1.29, 1.82) is 0 Å². The van der Waals surface area contributed by atoms with Crippen molar-refractivity contribution in [2.45, 2.75) is 76.6 Å². The zero-order chi connectivity index (χ0) is 49.9. The average molecular weight is 945 g/mol. The van der Waals surface area contributed by atoms with Crippen LogP contribution in [0, 0.1) is 0 Å². The van der Waals surface area contributed by atoms with Crippen molar-refractivity contribution in [2.24, 2.45) is 0 Å². The second-order valence-electron chi connectivity index (χ2n) is 16.5. The number of carboxylic acid groups (broad SMARTS) is 5. The van der Waals surface area contributed by atoms with Gasteiger partial charge in [0.25, 0.3) is 5.91 Å².